The van der Waals surface area contributed by atoms with Crippen LogP contribution in [0.3, 0.4) is 0 Å². The summed E-state index contributed by atoms with van der Waals surface area (Å²) in [5, 5.41) is 11.7. The third kappa shape index (κ3) is 4.07. The largest absolute Gasteiger partial charge is 0.481 e. The number of benzene rings is 2. The topological polar surface area (TPSA) is 62.1 Å². The van der Waals surface area contributed by atoms with Crippen molar-refractivity contribution in [3.63, 3.8) is 0 Å². The quantitative estimate of drug-likeness (QED) is 0.919. The highest BCUT2D eigenvalue weighted by atomic mass is 79.9. The molecule has 0 aromatic heterocycles. The van der Waals surface area contributed by atoms with Gasteiger partial charge in [0.25, 0.3) is 5.91 Å². The first kappa shape index (κ1) is 15.1. The molecule has 21 heavy (non-hydrogen) atoms. The first-order valence-corrected chi connectivity index (χ1v) is 7.11. The summed E-state index contributed by atoms with van der Waals surface area (Å²) in [6, 6.07) is 16.1. The molecule has 4 nitrogen and oxygen atoms in total. The number of anilines is 1. The lowest BCUT2D eigenvalue weighted by atomic mass is 10.2. The summed E-state index contributed by atoms with van der Waals surface area (Å²) in [5.74, 6) is 0.290. The summed E-state index contributed by atoms with van der Waals surface area (Å²) >= 11 is 3.35. The van der Waals surface area contributed by atoms with E-state index in [2.05, 4.69) is 21.2 Å². The number of carbonyl (C=O) groups is 1. The molecule has 0 fully saturated rings. The maximum absolute atomic E-state index is 12.1. The predicted molar refractivity (Wildman–Crippen MR) is 84.0 cm³/mol. The molecule has 0 heterocycles. The highest BCUT2D eigenvalue weighted by Crippen LogP contribution is 2.20. The lowest BCUT2D eigenvalue weighted by molar-refractivity contribution is -0.122. The Bertz CT molecular complexity index is 695. The Labute approximate surface area is 131 Å². The van der Waals surface area contributed by atoms with Crippen molar-refractivity contribution in [2.24, 2.45) is 0 Å². The number of amides is 1. The van der Waals surface area contributed by atoms with Crippen LogP contribution >= 0.6 is 15.9 Å². The molecule has 1 amide bonds. The number of halogens is 1. The maximum atomic E-state index is 12.1. The summed E-state index contributed by atoms with van der Waals surface area (Å²) < 4.78 is 6.45. The monoisotopic (exact) mass is 344 g/mol. The van der Waals surface area contributed by atoms with Gasteiger partial charge in [-0.2, -0.15) is 5.26 Å². The van der Waals surface area contributed by atoms with Crippen LogP contribution in [-0.4, -0.2) is 12.0 Å². The summed E-state index contributed by atoms with van der Waals surface area (Å²) in [6.07, 6.45) is -0.675. The third-order valence-electron chi connectivity index (χ3n) is 2.78. The Kier molecular flexibility index (Phi) is 4.96. The Hall–Kier alpha value is -2.32. The molecule has 0 aliphatic rings. The van der Waals surface area contributed by atoms with E-state index in [-0.39, 0.29) is 5.91 Å². The Morgan fingerprint density at radius 1 is 1.29 bits per heavy atom. The van der Waals surface area contributed by atoms with Crippen molar-refractivity contribution in [1.29, 1.82) is 5.26 Å². The van der Waals surface area contributed by atoms with Gasteiger partial charge in [0.05, 0.1) is 11.3 Å². The lowest BCUT2D eigenvalue weighted by Crippen LogP contribution is -2.30. The van der Waals surface area contributed by atoms with Crippen molar-refractivity contribution < 1.29 is 9.53 Å². The second-order valence-corrected chi connectivity index (χ2v) is 5.28. The van der Waals surface area contributed by atoms with Crippen molar-refractivity contribution in [2.75, 3.05) is 5.32 Å². The molecule has 0 spiro atoms. The number of nitriles is 1. The molecule has 0 radical (unpaired) electrons. The standard InChI is InChI=1S/C16H13BrN2O2/c1-11(21-14-7-4-6-13(17)9-14)16(20)19-15-8-3-2-5-12(15)10-18/h2-9,11H,1H3,(H,19,20)/t11-/m0/s1. The van der Waals surface area contributed by atoms with Crippen LogP contribution in [0.2, 0.25) is 0 Å². The highest BCUT2D eigenvalue weighted by molar-refractivity contribution is 9.10. The van der Waals surface area contributed by atoms with Gasteiger partial charge in [0.1, 0.15) is 11.8 Å². The minimum atomic E-state index is -0.675. The van der Waals surface area contributed by atoms with Crippen LogP contribution in [0.4, 0.5) is 5.69 Å². The van der Waals surface area contributed by atoms with E-state index in [0.717, 1.165) is 4.47 Å². The summed E-state index contributed by atoms with van der Waals surface area (Å²) in [6.45, 7) is 1.66. The molecule has 1 atom stereocenters. The van der Waals surface area contributed by atoms with Gasteiger partial charge in [-0.15, -0.1) is 0 Å². The molecule has 2 rings (SSSR count). The van der Waals surface area contributed by atoms with Gasteiger partial charge in [-0.05, 0) is 37.3 Å². The number of nitrogens with one attached hydrogen (secondary N) is 1. The van der Waals surface area contributed by atoms with Gasteiger partial charge in [-0.1, -0.05) is 34.1 Å². The average Bonchev–Trinajstić information content (AvgIpc) is 2.47. The highest BCUT2D eigenvalue weighted by Gasteiger charge is 2.16. The van der Waals surface area contributed by atoms with E-state index in [9.17, 15) is 4.79 Å². The molecule has 0 aliphatic heterocycles. The SMILES string of the molecule is C[C@H](Oc1cccc(Br)c1)C(=O)Nc1ccccc1C#N. The van der Waals surface area contributed by atoms with Gasteiger partial charge < -0.3 is 10.1 Å². The number of hydrogen-bond donors (Lipinski definition) is 1. The Balaban J connectivity index is 2.05. The van der Waals surface area contributed by atoms with E-state index in [1.165, 1.54) is 0 Å². The van der Waals surface area contributed by atoms with Gasteiger partial charge in [0.15, 0.2) is 6.10 Å². The van der Waals surface area contributed by atoms with Gasteiger partial charge in [-0.3, -0.25) is 4.79 Å². The summed E-state index contributed by atoms with van der Waals surface area (Å²) in [4.78, 5) is 12.1. The van der Waals surface area contributed by atoms with Crippen LogP contribution in [0.5, 0.6) is 5.75 Å². The number of nitrogens with zero attached hydrogens (tertiary/aromatic N) is 1. The van der Waals surface area contributed by atoms with Crippen molar-refractivity contribution >= 4 is 27.5 Å². The van der Waals surface area contributed by atoms with E-state index in [1.54, 1.807) is 43.3 Å². The number of hydrogen-bond acceptors (Lipinski definition) is 3. The fourth-order valence-electron chi connectivity index (χ4n) is 1.72. The zero-order valence-corrected chi connectivity index (χ0v) is 12.9. The maximum Gasteiger partial charge on any atom is 0.265 e. The molecule has 0 bridgehead atoms. The van der Waals surface area contributed by atoms with Gasteiger partial charge >= 0.3 is 0 Å². The van der Waals surface area contributed by atoms with Crippen LogP contribution in [-0.2, 0) is 4.79 Å². The summed E-state index contributed by atoms with van der Waals surface area (Å²) in [7, 11) is 0. The Morgan fingerprint density at radius 2 is 2.05 bits per heavy atom. The van der Waals surface area contributed by atoms with Gasteiger partial charge in [-0.25, -0.2) is 0 Å². The van der Waals surface area contributed by atoms with Crippen molar-refractivity contribution in [3.8, 4) is 11.8 Å². The first-order chi connectivity index (χ1) is 10.1. The fraction of sp³-hybridized carbons (Fsp3) is 0.125. The van der Waals surface area contributed by atoms with E-state index in [1.807, 2.05) is 18.2 Å². The molecule has 0 saturated heterocycles. The smallest absolute Gasteiger partial charge is 0.265 e. The molecule has 0 unspecified atom stereocenters. The molecule has 5 heteroatoms. The summed E-state index contributed by atoms with van der Waals surface area (Å²) in [5.41, 5.74) is 0.898. The molecule has 2 aromatic rings. The number of ether oxygens (including phenoxy) is 1. The van der Waals surface area contributed by atoms with E-state index in [0.29, 0.717) is 17.0 Å². The van der Waals surface area contributed by atoms with E-state index >= 15 is 0 Å². The molecule has 0 aliphatic carbocycles. The second-order valence-electron chi connectivity index (χ2n) is 4.36. The predicted octanol–water partition coefficient (Wildman–Crippen LogP) is 3.73. The zero-order valence-electron chi connectivity index (χ0n) is 11.3. The number of rotatable bonds is 4. The molecule has 106 valence electrons. The van der Waals surface area contributed by atoms with Crippen LogP contribution in [0, 0.1) is 11.3 Å². The van der Waals surface area contributed by atoms with Gasteiger partial charge in [0, 0.05) is 4.47 Å². The van der Waals surface area contributed by atoms with Crippen LogP contribution in [0.15, 0.2) is 53.0 Å². The van der Waals surface area contributed by atoms with E-state index < -0.39 is 6.10 Å². The normalized spacial score (nSPS) is 11.3. The second kappa shape index (κ2) is 6.91. The van der Waals surface area contributed by atoms with Crippen LogP contribution < -0.4 is 10.1 Å². The number of para-hydroxylation sites is 1. The van der Waals surface area contributed by atoms with Gasteiger partial charge in [0.2, 0.25) is 0 Å². The number of carbonyl (C=O) groups excluding carboxylic acids is 1. The van der Waals surface area contributed by atoms with Crippen molar-refractivity contribution in [2.45, 2.75) is 13.0 Å². The first-order valence-electron chi connectivity index (χ1n) is 6.32. The fourth-order valence-corrected chi connectivity index (χ4v) is 2.10. The minimum Gasteiger partial charge on any atom is -0.481 e. The van der Waals surface area contributed by atoms with Crippen LogP contribution in [0.25, 0.3) is 0 Å². The average molecular weight is 345 g/mol. The third-order valence-corrected chi connectivity index (χ3v) is 3.28. The zero-order chi connectivity index (χ0) is 15.2. The molecule has 2 aromatic carbocycles. The minimum absolute atomic E-state index is 0.308. The van der Waals surface area contributed by atoms with E-state index in [4.69, 9.17) is 10.00 Å². The lowest BCUT2D eigenvalue weighted by Gasteiger charge is -2.15. The molecule has 0 saturated carbocycles. The molecular formula is C16H13BrN2O2. The molecule has 1 N–H and O–H groups in total. The Morgan fingerprint density at radius 3 is 2.76 bits per heavy atom. The van der Waals surface area contributed by atoms with Crippen molar-refractivity contribution in [1.82, 2.24) is 0 Å². The van der Waals surface area contributed by atoms with Crippen molar-refractivity contribution in [3.05, 3.63) is 58.6 Å². The van der Waals surface area contributed by atoms with Crippen LogP contribution in [0.1, 0.15) is 12.5 Å². The molecular weight excluding hydrogens is 332 g/mol.